The van der Waals surface area contributed by atoms with Crippen molar-refractivity contribution >= 4 is 22.6 Å². The standard InChI is InChI=1S/C45H41N3/c1-3-5-7-17-32-27-33(18-8-6-4-2)29-35(28-32)48-42-25-15-13-23-40(42)45(41-24-14-16-26-43(41)48)38-21-11-9-19-36(38)44(34(30-46)31-47)37-20-10-12-22-39(37)45/h9-16,19-29H,3-8,17-18H2,1-2H3. The molecule has 0 unspecified atom stereocenters. The first kappa shape index (κ1) is 31.2. The maximum atomic E-state index is 10.2. The van der Waals surface area contributed by atoms with Crippen molar-refractivity contribution in [1.29, 1.82) is 10.5 Å². The Morgan fingerprint density at radius 1 is 0.562 bits per heavy atom. The molecule has 2 aliphatic rings. The number of aryl methyl sites for hydroxylation is 2. The third-order valence-electron chi connectivity index (χ3n) is 10.2. The molecule has 0 aromatic heterocycles. The quantitative estimate of drug-likeness (QED) is 0.119. The summed E-state index contributed by atoms with van der Waals surface area (Å²) in [4.78, 5) is 2.48. The molecule has 0 atom stereocenters. The Balaban J connectivity index is 1.53. The second-order valence-corrected chi connectivity index (χ2v) is 13.1. The number of benzene rings is 5. The molecular formula is C45H41N3. The van der Waals surface area contributed by atoms with Gasteiger partial charge in [-0.15, -0.1) is 0 Å². The van der Waals surface area contributed by atoms with Gasteiger partial charge < -0.3 is 4.90 Å². The zero-order valence-corrected chi connectivity index (χ0v) is 28.0. The van der Waals surface area contributed by atoms with Gasteiger partial charge in [0.2, 0.25) is 0 Å². The summed E-state index contributed by atoms with van der Waals surface area (Å²) in [5.41, 5.74) is 13.0. The Morgan fingerprint density at radius 2 is 1.00 bits per heavy atom. The van der Waals surface area contributed by atoms with Crippen LogP contribution in [-0.4, -0.2) is 0 Å². The van der Waals surface area contributed by atoms with Crippen molar-refractivity contribution in [2.75, 3.05) is 4.90 Å². The summed E-state index contributed by atoms with van der Waals surface area (Å²) in [5.74, 6) is 0. The lowest BCUT2D eigenvalue weighted by Gasteiger charge is -2.49. The zero-order chi connectivity index (χ0) is 33.1. The van der Waals surface area contributed by atoms with Crippen LogP contribution in [0, 0.1) is 22.7 Å². The van der Waals surface area contributed by atoms with Gasteiger partial charge in [0.25, 0.3) is 0 Å². The van der Waals surface area contributed by atoms with Crippen molar-refractivity contribution in [2.24, 2.45) is 0 Å². The Bertz CT molecular complexity index is 1960. The average molecular weight is 624 g/mol. The molecule has 1 aliphatic carbocycles. The number of rotatable bonds is 9. The lowest BCUT2D eigenvalue weighted by Crippen LogP contribution is -2.41. The molecule has 1 heterocycles. The maximum Gasteiger partial charge on any atom is 0.138 e. The van der Waals surface area contributed by atoms with Gasteiger partial charge in [-0.2, -0.15) is 10.5 Å². The fraction of sp³-hybridized carbons (Fsp3) is 0.244. The van der Waals surface area contributed by atoms with E-state index < -0.39 is 5.41 Å². The van der Waals surface area contributed by atoms with Gasteiger partial charge in [0.1, 0.15) is 17.7 Å². The second-order valence-electron chi connectivity index (χ2n) is 13.1. The average Bonchev–Trinajstić information content (AvgIpc) is 3.13. The van der Waals surface area contributed by atoms with Gasteiger partial charge in [0.15, 0.2) is 0 Å². The van der Waals surface area contributed by atoms with E-state index in [0.29, 0.717) is 5.57 Å². The van der Waals surface area contributed by atoms with Crippen LogP contribution >= 0.6 is 0 Å². The molecule has 0 saturated carbocycles. The van der Waals surface area contributed by atoms with E-state index in [0.717, 1.165) is 46.5 Å². The minimum absolute atomic E-state index is 0.138. The van der Waals surface area contributed by atoms with E-state index >= 15 is 0 Å². The van der Waals surface area contributed by atoms with Gasteiger partial charge in [-0.25, -0.2) is 0 Å². The molecule has 3 heteroatoms. The highest BCUT2D eigenvalue weighted by molar-refractivity contribution is 5.98. The van der Waals surface area contributed by atoms with Crippen LogP contribution in [0.25, 0.3) is 5.57 Å². The van der Waals surface area contributed by atoms with E-state index in [1.807, 2.05) is 12.1 Å². The molecule has 5 aromatic rings. The van der Waals surface area contributed by atoms with Gasteiger partial charge in [-0.05, 0) is 94.5 Å². The summed E-state index contributed by atoms with van der Waals surface area (Å²) in [6, 6.07) is 46.2. The first-order valence-electron chi connectivity index (χ1n) is 17.5. The highest BCUT2D eigenvalue weighted by Gasteiger charge is 2.51. The van der Waals surface area contributed by atoms with E-state index in [4.69, 9.17) is 0 Å². The molecular weight excluding hydrogens is 583 g/mol. The van der Waals surface area contributed by atoms with Gasteiger partial charge in [0.05, 0.1) is 16.8 Å². The summed E-state index contributed by atoms with van der Waals surface area (Å²) >= 11 is 0. The first-order valence-corrected chi connectivity index (χ1v) is 17.5. The minimum Gasteiger partial charge on any atom is -0.310 e. The van der Waals surface area contributed by atoms with Crippen LogP contribution in [0.3, 0.4) is 0 Å². The Kier molecular flexibility index (Phi) is 8.71. The van der Waals surface area contributed by atoms with Crippen LogP contribution in [0.15, 0.2) is 121 Å². The predicted octanol–water partition coefficient (Wildman–Crippen LogP) is 11.5. The number of fused-ring (bicyclic) bond motifs is 8. The number of hydrogen-bond donors (Lipinski definition) is 0. The van der Waals surface area contributed by atoms with Crippen LogP contribution < -0.4 is 4.90 Å². The van der Waals surface area contributed by atoms with Crippen LogP contribution in [-0.2, 0) is 18.3 Å². The minimum atomic E-state index is -0.654. The Labute approximate surface area is 285 Å². The normalized spacial score (nSPS) is 13.5. The van der Waals surface area contributed by atoms with E-state index in [-0.39, 0.29) is 5.57 Å². The number of allylic oxidation sites excluding steroid dienone is 1. The summed E-state index contributed by atoms with van der Waals surface area (Å²) in [7, 11) is 0. The van der Waals surface area contributed by atoms with Crippen molar-refractivity contribution in [3.05, 3.63) is 165 Å². The molecule has 0 bridgehead atoms. The monoisotopic (exact) mass is 623 g/mol. The highest BCUT2D eigenvalue weighted by atomic mass is 15.2. The number of para-hydroxylation sites is 2. The highest BCUT2D eigenvalue weighted by Crippen LogP contribution is 2.62. The third kappa shape index (κ3) is 5.03. The number of nitrogens with zero attached hydrogens (tertiary/aromatic N) is 3. The lowest BCUT2D eigenvalue weighted by atomic mass is 9.56. The topological polar surface area (TPSA) is 50.8 Å². The van der Waals surface area contributed by atoms with Gasteiger partial charge >= 0.3 is 0 Å². The summed E-state index contributed by atoms with van der Waals surface area (Å²) in [5, 5.41) is 20.3. The molecule has 0 fully saturated rings. The molecule has 0 N–H and O–H groups in total. The van der Waals surface area contributed by atoms with Crippen LogP contribution in [0.1, 0.15) is 96.9 Å². The number of hydrogen-bond acceptors (Lipinski definition) is 3. The van der Waals surface area contributed by atoms with E-state index in [9.17, 15) is 10.5 Å². The maximum absolute atomic E-state index is 10.2. The molecule has 7 rings (SSSR count). The Morgan fingerprint density at radius 3 is 1.46 bits per heavy atom. The zero-order valence-electron chi connectivity index (χ0n) is 28.0. The molecule has 0 amide bonds. The molecule has 1 aliphatic heterocycles. The second kappa shape index (κ2) is 13.4. The van der Waals surface area contributed by atoms with Gasteiger partial charge in [0, 0.05) is 11.3 Å². The van der Waals surface area contributed by atoms with Crippen molar-refractivity contribution in [3.8, 4) is 12.1 Å². The smallest absolute Gasteiger partial charge is 0.138 e. The fourth-order valence-electron chi connectivity index (χ4n) is 8.18. The molecule has 236 valence electrons. The fourth-order valence-corrected chi connectivity index (χ4v) is 8.18. The van der Waals surface area contributed by atoms with E-state index in [2.05, 4.69) is 134 Å². The lowest BCUT2D eigenvalue weighted by molar-refractivity contribution is 0.707. The number of nitriles is 2. The first-order chi connectivity index (χ1) is 23.7. The van der Waals surface area contributed by atoms with Gasteiger partial charge in [-0.1, -0.05) is 131 Å². The van der Waals surface area contributed by atoms with Crippen LogP contribution in [0.4, 0.5) is 17.1 Å². The molecule has 0 saturated heterocycles. The largest absolute Gasteiger partial charge is 0.310 e. The van der Waals surface area contributed by atoms with E-state index in [1.54, 1.807) is 0 Å². The molecule has 0 radical (unpaired) electrons. The van der Waals surface area contributed by atoms with Crippen LogP contribution in [0.2, 0.25) is 0 Å². The van der Waals surface area contributed by atoms with Crippen molar-refractivity contribution in [1.82, 2.24) is 0 Å². The summed E-state index contributed by atoms with van der Waals surface area (Å²) < 4.78 is 0. The van der Waals surface area contributed by atoms with Crippen molar-refractivity contribution in [3.63, 3.8) is 0 Å². The molecule has 48 heavy (non-hydrogen) atoms. The Hall–Kier alpha value is -5.38. The van der Waals surface area contributed by atoms with E-state index in [1.165, 1.54) is 66.5 Å². The molecule has 5 aromatic carbocycles. The van der Waals surface area contributed by atoms with Gasteiger partial charge in [-0.3, -0.25) is 0 Å². The van der Waals surface area contributed by atoms with Crippen molar-refractivity contribution < 1.29 is 0 Å². The molecule has 3 nitrogen and oxygen atoms in total. The summed E-state index contributed by atoms with van der Waals surface area (Å²) in [6.45, 7) is 4.54. The molecule has 1 spiro atoms. The number of anilines is 3. The SMILES string of the molecule is CCCCCc1cc(CCCCC)cc(N2c3ccccc3C3(c4ccccc4C(=C(C#N)C#N)c4ccccc43)c3ccccc32)c1. The predicted molar refractivity (Wildman–Crippen MR) is 197 cm³/mol. The third-order valence-corrected chi connectivity index (χ3v) is 10.2. The number of unbranched alkanes of at least 4 members (excludes halogenated alkanes) is 4. The van der Waals surface area contributed by atoms with Crippen molar-refractivity contribution in [2.45, 2.75) is 70.6 Å². The summed E-state index contributed by atoms with van der Waals surface area (Å²) in [6.07, 6.45) is 9.45. The van der Waals surface area contributed by atoms with Crippen LogP contribution in [0.5, 0.6) is 0 Å².